The quantitative estimate of drug-likeness (QED) is 0.378. The van der Waals surface area contributed by atoms with Crippen molar-refractivity contribution in [3.63, 3.8) is 0 Å². The Balaban J connectivity index is 1.33. The van der Waals surface area contributed by atoms with E-state index in [9.17, 15) is 0 Å². The molecule has 1 aromatic carbocycles. The zero-order valence-electron chi connectivity index (χ0n) is 14.5. The molecule has 1 aliphatic heterocycles. The topological polar surface area (TPSA) is 51.4 Å². The molecule has 1 aromatic heterocycles. The minimum absolute atomic E-state index is 0.292. The van der Waals surface area contributed by atoms with E-state index in [1.54, 1.807) is 11.8 Å². The third-order valence-corrected chi connectivity index (χ3v) is 5.53. The van der Waals surface area contributed by atoms with Crippen LogP contribution >= 0.6 is 23.4 Å². The van der Waals surface area contributed by atoms with E-state index in [1.165, 1.54) is 11.3 Å². The van der Waals surface area contributed by atoms with Crippen molar-refractivity contribution >= 4 is 29.4 Å². The molecule has 0 bridgehead atoms. The minimum atomic E-state index is 0.292. The van der Waals surface area contributed by atoms with Crippen LogP contribution in [0.15, 0.2) is 33.7 Å². The van der Waals surface area contributed by atoms with Gasteiger partial charge in [-0.3, -0.25) is 0 Å². The molecule has 136 valence electrons. The van der Waals surface area contributed by atoms with E-state index in [2.05, 4.69) is 33.4 Å². The number of thioether (sulfide) groups is 1. The van der Waals surface area contributed by atoms with Gasteiger partial charge in [-0.05, 0) is 62.1 Å². The number of alkyl halides is 1. The second kappa shape index (κ2) is 9.34. The number of ether oxygens (including phenoxy) is 1. The second-order valence-electron chi connectivity index (χ2n) is 6.22. The highest BCUT2D eigenvalue weighted by Gasteiger charge is 2.22. The number of hydrogen-bond acceptors (Lipinski definition) is 6. The fourth-order valence-corrected chi connectivity index (χ4v) is 3.59. The number of anilines is 1. The molecule has 1 aliphatic rings. The molecular formula is C18H24ClN3O2S. The maximum atomic E-state index is 5.84. The molecule has 1 saturated heterocycles. The minimum Gasteiger partial charge on any atom is -0.494 e. The lowest BCUT2D eigenvalue weighted by atomic mass is 9.92. The Morgan fingerprint density at radius 3 is 2.68 bits per heavy atom. The van der Waals surface area contributed by atoms with Crippen LogP contribution in [0.2, 0.25) is 0 Å². The zero-order chi connectivity index (χ0) is 17.5. The molecule has 0 N–H and O–H groups in total. The molecule has 0 radical (unpaired) electrons. The highest BCUT2D eigenvalue weighted by atomic mass is 35.5. The van der Waals surface area contributed by atoms with Gasteiger partial charge in [-0.15, -0.1) is 23.4 Å². The summed E-state index contributed by atoms with van der Waals surface area (Å²) in [5.74, 6) is 2.55. The SMILES string of the molecule is CSc1ccc(OCCCC2CCN(c3nc(CCl)no3)CC2)cc1. The monoisotopic (exact) mass is 381 g/mol. The van der Waals surface area contributed by atoms with E-state index >= 15 is 0 Å². The summed E-state index contributed by atoms with van der Waals surface area (Å²) < 4.78 is 11.1. The fourth-order valence-electron chi connectivity index (χ4n) is 3.07. The van der Waals surface area contributed by atoms with Gasteiger partial charge in [0.15, 0.2) is 5.82 Å². The van der Waals surface area contributed by atoms with Gasteiger partial charge in [0.25, 0.3) is 0 Å². The van der Waals surface area contributed by atoms with Crippen molar-refractivity contribution in [1.82, 2.24) is 10.1 Å². The van der Waals surface area contributed by atoms with E-state index in [4.69, 9.17) is 20.9 Å². The average Bonchev–Trinajstić information content (AvgIpc) is 3.15. The molecule has 2 heterocycles. The molecule has 25 heavy (non-hydrogen) atoms. The number of aromatic nitrogens is 2. The first-order valence-electron chi connectivity index (χ1n) is 8.69. The molecule has 0 amide bonds. The molecule has 0 spiro atoms. The Bertz CT molecular complexity index is 642. The molecular weight excluding hydrogens is 358 g/mol. The third-order valence-electron chi connectivity index (χ3n) is 4.55. The van der Waals surface area contributed by atoms with E-state index < -0.39 is 0 Å². The highest BCUT2D eigenvalue weighted by Crippen LogP contribution is 2.25. The van der Waals surface area contributed by atoms with E-state index in [-0.39, 0.29) is 0 Å². The highest BCUT2D eigenvalue weighted by molar-refractivity contribution is 7.98. The van der Waals surface area contributed by atoms with Crippen LogP contribution in [-0.4, -0.2) is 36.1 Å². The Hall–Kier alpha value is -1.40. The summed E-state index contributed by atoms with van der Waals surface area (Å²) in [5, 5.41) is 3.85. The Kier molecular flexibility index (Phi) is 6.87. The molecule has 0 unspecified atom stereocenters. The van der Waals surface area contributed by atoms with Gasteiger partial charge in [-0.1, -0.05) is 5.16 Å². The van der Waals surface area contributed by atoms with Crippen LogP contribution in [0.25, 0.3) is 0 Å². The van der Waals surface area contributed by atoms with Gasteiger partial charge in [0.1, 0.15) is 5.75 Å². The first-order chi connectivity index (χ1) is 12.3. The van der Waals surface area contributed by atoms with Crippen molar-refractivity contribution in [1.29, 1.82) is 0 Å². The van der Waals surface area contributed by atoms with Crippen LogP contribution in [0.1, 0.15) is 31.5 Å². The van der Waals surface area contributed by atoms with Crippen LogP contribution in [0, 0.1) is 5.92 Å². The number of rotatable bonds is 8. The van der Waals surface area contributed by atoms with Gasteiger partial charge in [-0.25, -0.2) is 0 Å². The first-order valence-corrected chi connectivity index (χ1v) is 10.4. The van der Waals surface area contributed by atoms with E-state index in [1.807, 2.05) is 12.1 Å². The predicted molar refractivity (Wildman–Crippen MR) is 102 cm³/mol. The van der Waals surface area contributed by atoms with Crippen molar-refractivity contribution in [3.8, 4) is 5.75 Å². The van der Waals surface area contributed by atoms with Crippen LogP contribution in [-0.2, 0) is 5.88 Å². The Morgan fingerprint density at radius 2 is 2.04 bits per heavy atom. The van der Waals surface area contributed by atoms with Crippen molar-refractivity contribution in [2.45, 2.75) is 36.5 Å². The summed E-state index contributed by atoms with van der Waals surface area (Å²) in [6.07, 6.45) is 6.68. The molecule has 3 rings (SSSR count). The third kappa shape index (κ3) is 5.28. The summed E-state index contributed by atoms with van der Waals surface area (Å²) in [6.45, 7) is 2.71. The van der Waals surface area contributed by atoms with Gasteiger partial charge >= 0.3 is 6.01 Å². The Labute approximate surface area is 158 Å². The van der Waals surface area contributed by atoms with Crippen LogP contribution < -0.4 is 9.64 Å². The summed E-state index contributed by atoms with van der Waals surface area (Å²) in [7, 11) is 0. The molecule has 7 heteroatoms. The van der Waals surface area contributed by atoms with Gasteiger partial charge < -0.3 is 14.2 Å². The Morgan fingerprint density at radius 1 is 1.28 bits per heavy atom. The van der Waals surface area contributed by atoms with Gasteiger partial charge in [-0.2, -0.15) is 4.98 Å². The number of nitrogens with zero attached hydrogens (tertiary/aromatic N) is 3. The average molecular weight is 382 g/mol. The van der Waals surface area contributed by atoms with Crippen LogP contribution in [0.4, 0.5) is 6.01 Å². The summed E-state index contributed by atoms with van der Waals surface area (Å²) in [5.41, 5.74) is 0. The van der Waals surface area contributed by atoms with E-state index in [0.717, 1.165) is 50.6 Å². The molecule has 2 aromatic rings. The largest absolute Gasteiger partial charge is 0.494 e. The van der Waals surface area contributed by atoms with Crippen LogP contribution in [0.3, 0.4) is 0 Å². The number of halogens is 1. The van der Waals surface area contributed by atoms with Crippen molar-refractivity contribution < 1.29 is 9.26 Å². The van der Waals surface area contributed by atoms with Crippen molar-refractivity contribution in [2.75, 3.05) is 30.9 Å². The summed E-state index contributed by atoms with van der Waals surface area (Å²) in [6, 6.07) is 8.89. The maximum Gasteiger partial charge on any atom is 0.324 e. The van der Waals surface area contributed by atoms with Crippen molar-refractivity contribution in [3.05, 3.63) is 30.1 Å². The number of piperidine rings is 1. The molecule has 5 nitrogen and oxygen atoms in total. The number of hydrogen-bond donors (Lipinski definition) is 0. The van der Waals surface area contributed by atoms with Crippen molar-refractivity contribution in [2.24, 2.45) is 5.92 Å². The zero-order valence-corrected chi connectivity index (χ0v) is 16.1. The normalized spacial score (nSPS) is 15.5. The van der Waals surface area contributed by atoms with Gasteiger partial charge in [0.2, 0.25) is 0 Å². The van der Waals surface area contributed by atoms with Crippen LogP contribution in [0.5, 0.6) is 5.75 Å². The van der Waals surface area contributed by atoms with Gasteiger partial charge in [0, 0.05) is 18.0 Å². The number of benzene rings is 1. The molecule has 1 fully saturated rings. The lowest BCUT2D eigenvalue weighted by Crippen LogP contribution is -2.34. The maximum absolute atomic E-state index is 5.84. The lowest BCUT2D eigenvalue weighted by molar-refractivity contribution is 0.276. The summed E-state index contributed by atoms with van der Waals surface area (Å²) >= 11 is 7.46. The second-order valence-corrected chi connectivity index (χ2v) is 7.37. The summed E-state index contributed by atoms with van der Waals surface area (Å²) in [4.78, 5) is 7.71. The smallest absolute Gasteiger partial charge is 0.324 e. The lowest BCUT2D eigenvalue weighted by Gasteiger charge is -2.30. The standard InChI is InChI=1S/C18H24ClN3O2S/c1-25-16-6-4-15(5-7-16)23-12-2-3-14-8-10-22(11-9-14)18-20-17(13-19)21-24-18/h4-7,14H,2-3,8-13H2,1H3. The first kappa shape index (κ1) is 18.4. The molecule has 0 aliphatic carbocycles. The fraction of sp³-hybridized carbons (Fsp3) is 0.556. The molecule has 0 atom stereocenters. The van der Waals surface area contributed by atoms with E-state index in [0.29, 0.717) is 17.7 Å². The molecule has 0 saturated carbocycles. The predicted octanol–water partition coefficient (Wildman–Crippen LogP) is 4.61. The van der Waals surface area contributed by atoms with Gasteiger partial charge in [0.05, 0.1) is 12.5 Å².